The summed E-state index contributed by atoms with van der Waals surface area (Å²) >= 11 is 0. The number of carbonyl (C=O) groups excluding carboxylic acids is 2. The highest BCUT2D eigenvalue weighted by Crippen LogP contribution is 2.21. The molecule has 3 aromatic rings. The number of nitrogens with zero attached hydrogens (tertiary/aromatic N) is 2. The second-order valence-electron chi connectivity index (χ2n) is 9.80. The van der Waals surface area contributed by atoms with E-state index >= 15 is 0 Å². The Balaban J connectivity index is 2.03. The molecular weight excluding hydrogens is 510 g/mol. The van der Waals surface area contributed by atoms with Gasteiger partial charge in [-0.1, -0.05) is 86.1 Å². The number of rotatable bonds is 13. The molecule has 0 heterocycles. The van der Waals surface area contributed by atoms with Crippen molar-refractivity contribution in [3.8, 4) is 0 Å². The van der Waals surface area contributed by atoms with Gasteiger partial charge < -0.3 is 10.2 Å². The third-order valence-electron chi connectivity index (χ3n) is 6.57. The van der Waals surface area contributed by atoms with Gasteiger partial charge in [0.2, 0.25) is 21.8 Å². The molecule has 0 aromatic heterocycles. The molecule has 1 unspecified atom stereocenters. The van der Waals surface area contributed by atoms with E-state index in [-0.39, 0.29) is 12.5 Å². The molecule has 1 N–H and O–H groups in total. The van der Waals surface area contributed by atoms with Crippen molar-refractivity contribution in [2.24, 2.45) is 0 Å². The first-order chi connectivity index (χ1) is 18.6. The fourth-order valence-electron chi connectivity index (χ4n) is 4.44. The van der Waals surface area contributed by atoms with Crippen LogP contribution in [0, 0.1) is 6.92 Å². The molecule has 0 aliphatic rings. The third-order valence-corrected chi connectivity index (χ3v) is 7.71. The zero-order valence-electron chi connectivity index (χ0n) is 23.3. The molecule has 3 rings (SSSR count). The second-order valence-corrected chi connectivity index (χ2v) is 11.7. The fraction of sp³-hybridized carbons (Fsp3) is 0.355. The molecule has 2 amide bonds. The number of amides is 2. The molecule has 3 aromatic carbocycles. The summed E-state index contributed by atoms with van der Waals surface area (Å²) in [4.78, 5) is 29.1. The number of nitrogens with one attached hydrogen (secondary N) is 1. The van der Waals surface area contributed by atoms with Gasteiger partial charge in [-0.05, 0) is 48.6 Å². The molecule has 0 aliphatic heterocycles. The molecular formula is C31H39N3O4S. The van der Waals surface area contributed by atoms with Crippen molar-refractivity contribution in [1.29, 1.82) is 0 Å². The first-order valence-electron chi connectivity index (χ1n) is 13.4. The molecule has 0 aliphatic carbocycles. The van der Waals surface area contributed by atoms with Gasteiger partial charge in [-0.3, -0.25) is 13.9 Å². The predicted octanol–water partition coefficient (Wildman–Crippen LogP) is 4.49. The Bertz CT molecular complexity index is 1340. The number of hydrogen-bond donors (Lipinski definition) is 1. The van der Waals surface area contributed by atoms with Gasteiger partial charge in [-0.2, -0.15) is 0 Å². The number of aryl methyl sites for hydroxylation is 2. The van der Waals surface area contributed by atoms with Gasteiger partial charge in [0, 0.05) is 19.5 Å². The fourth-order valence-corrected chi connectivity index (χ4v) is 5.29. The highest BCUT2D eigenvalue weighted by molar-refractivity contribution is 7.92. The molecule has 0 saturated heterocycles. The molecule has 208 valence electrons. The van der Waals surface area contributed by atoms with Crippen LogP contribution in [0.2, 0.25) is 0 Å². The zero-order valence-corrected chi connectivity index (χ0v) is 24.1. The summed E-state index contributed by atoms with van der Waals surface area (Å²) in [7, 11) is -3.78. The molecule has 0 fully saturated rings. The summed E-state index contributed by atoms with van der Waals surface area (Å²) in [5, 5.41) is 2.95. The van der Waals surface area contributed by atoms with Crippen LogP contribution < -0.4 is 9.62 Å². The van der Waals surface area contributed by atoms with Crippen LogP contribution >= 0.6 is 0 Å². The van der Waals surface area contributed by atoms with Gasteiger partial charge >= 0.3 is 0 Å². The maximum absolute atomic E-state index is 14.0. The minimum Gasteiger partial charge on any atom is -0.354 e. The van der Waals surface area contributed by atoms with Crippen molar-refractivity contribution in [2.45, 2.75) is 52.6 Å². The quantitative estimate of drug-likeness (QED) is 0.340. The lowest BCUT2D eigenvalue weighted by atomic mass is 10.0. The minimum atomic E-state index is -3.78. The first kappa shape index (κ1) is 29.9. The number of anilines is 1. The van der Waals surface area contributed by atoms with Crippen LogP contribution in [0.4, 0.5) is 5.69 Å². The standard InChI is InChI=1S/C31H39N3O4S/c1-5-19-32-31(36)29(21-26-12-8-7-9-13-26)33(22-27-14-10-11-24(3)20-27)30(35)23-34(39(4,37)38)28-17-15-25(6-2)16-18-28/h7-18,20,29H,5-6,19,21-23H2,1-4H3,(H,32,36). The van der Waals surface area contributed by atoms with Crippen LogP contribution in [0.15, 0.2) is 78.9 Å². The van der Waals surface area contributed by atoms with E-state index in [1.54, 1.807) is 12.1 Å². The third kappa shape index (κ3) is 8.68. The average molecular weight is 550 g/mol. The van der Waals surface area contributed by atoms with Crippen LogP contribution in [0.3, 0.4) is 0 Å². The largest absolute Gasteiger partial charge is 0.354 e. The van der Waals surface area contributed by atoms with Crippen molar-refractivity contribution >= 4 is 27.5 Å². The van der Waals surface area contributed by atoms with Gasteiger partial charge in [0.15, 0.2) is 0 Å². The number of sulfonamides is 1. The average Bonchev–Trinajstić information content (AvgIpc) is 2.92. The second kappa shape index (κ2) is 13.9. The number of carbonyl (C=O) groups is 2. The van der Waals surface area contributed by atoms with E-state index in [1.807, 2.05) is 87.5 Å². The predicted molar refractivity (Wildman–Crippen MR) is 157 cm³/mol. The SMILES string of the molecule is CCCNC(=O)C(Cc1ccccc1)N(Cc1cccc(C)c1)C(=O)CN(c1ccc(CC)cc1)S(C)(=O)=O. The molecule has 1 atom stereocenters. The normalized spacial score (nSPS) is 12.0. The topological polar surface area (TPSA) is 86.8 Å². The van der Waals surface area contributed by atoms with E-state index in [1.165, 1.54) is 4.90 Å². The van der Waals surface area contributed by atoms with E-state index in [4.69, 9.17) is 0 Å². The van der Waals surface area contributed by atoms with Gasteiger partial charge in [-0.15, -0.1) is 0 Å². The Morgan fingerprint density at radius 2 is 1.54 bits per heavy atom. The molecule has 0 radical (unpaired) electrons. The number of hydrogen-bond acceptors (Lipinski definition) is 4. The Morgan fingerprint density at radius 1 is 0.872 bits per heavy atom. The highest BCUT2D eigenvalue weighted by atomic mass is 32.2. The summed E-state index contributed by atoms with van der Waals surface area (Å²) in [6.45, 7) is 6.20. The molecule has 0 saturated carbocycles. The van der Waals surface area contributed by atoms with E-state index in [9.17, 15) is 18.0 Å². The summed E-state index contributed by atoms with van der Waals surface area (Å²) in [6, 6.07) is 23.6. The van der Waals surface area contributed by atoms with E-state index in [0.29, 0.717) is 18.7 Å². The van der Waals surface area contributed by atoms with E-state index < -0.39 is 28.5 Å². The summed E-state index contributed by atoms with van der Waals surface area (Å²) in [6.07, 6.45) is 2.97. The first-order valence-corrected chi connectivity index (χ1v) is 15.2. The van der Waals surface area contributed by atoms with Crippen molar-refractivity contribution in [3.05, 3.63) is 101 Å². The summed E-state index contributed by atoms with van der Waals surface area (Å²) in [5.74, 6) is -0.714. The Hall–Kier alpha value is -3.65. The maximum atomic E-state index is 14.0. The molecule has 8 heteroatoms. The molecule has 0 spiro atoms. The van der Waals surface area contributed by atoms with Crippen molar-refractivity contribution in [2.75, 3.05) is 23.7 Å². The van der Waals surface area contributed by atoms with Crippen LogP contribution in [0.1, 0.15) is 42.5 Å². The van der Waals surface area contributed by atoms with Crippen molar-refractivity contribution in [1.82, 2.24) is 10.2 Å². The van der Waals surface area contributed by atoms with Gasteiger partial charge in [0.1, 0.15) is 12.6 Å². The molecule has 39 heavy (non-hydrogen) atoms. The van der Waals surface area contributed by atoms with Crippen molar-refractivity contribution in [3.63, 3.8) is 0 Å². The maximum Gasteiger partial charge on any atom is 0.244 e. The molecule has 7 nitrogen and oxygen atoms in total. The van der Waals surface area contributed by atoms with Crippen molar-refractivity contribution < 1.29 is 18.0 Å². The monoisotopic (exact) mass is 549 g/mol. The van der Waals surface area contributed by atoms with Crippen LogP contribution in [0.5, 0.6) is 0 Å². The van der Waals surface area contributed by atoms with Gasteiger partial charge in [0.25, 0.3) is 0 Å². The highest BCUT2D eigenvalue weighted by Gasteiger charge is 2.32. The van der Waals surface area contributed by atoms with E-state index in [2.05, 4.69) is 5.32 Å². The zero-order chi connectivity index (χ0) is 28.4. The van der Waals surface area contributed by atoms with Crippen LogP contribution in [-0.2, 0) is 39.0 Å². The Morgan fingerprint density at radius 3 is 2.13 bits per heavy atom. The summed E-state index contributed by atoms with van der Waals surface area (Å²) in [5.41, 5.74) is 4.28. The molecule has 0 bridgehead atoms. The Labute approximate surface area is 232 Å². The number of benzene rings is 3. The summed E-state index contributed by atoms with van der Waals surface area (Å²) < 4.78 is 26.8. The van der Waals surface area contributed by atoms with Gasteiger partial charge in [-0.25, -0.2) is 8.42 Å². The van der Waals surface area contributed by atoms with Gasteiger partial charge in [0.05, 0.1) is 11.9 Å². The van der Waals surface area contributed by atoms with E-state index in [0.717, 1.165) is 45.7 Å². The Kier molecular flexibility index (Phi) is 10.7. The minimum absolute atomic E-state index is 0.171. The lowest BCUT2D eigenvalue weighted by Gasteiger charge is -2.33. The lowest BCUT2D eigenvalue weighted by Crippen LogP contribution is -2.53. The van der Waals surface area contributed by atoms with Crippen LogP contribution in [0.25, 0.3) is 0 Å². The smallest absolute Gasteiger partial charge is 0.244 e. The lowest BCUT2D eigenvalue weighted by molar-refractivity contribution is -0.140. The van der Waals surface area contributed by atoms with Crippen LogP contribution in [-0.4, -0.2) is 50.5 Å².